The van der Waals surface area contributed by atoms with E-state index < -0.39 is 0 Å². The van der Waals surface area contributed by atoms with Crippen molar-refractivity contribution >= 4 is 54.5 Å². The number of aromatic nitrogens is 4. The van der Waals surface area contributed by atoms with Crippen LogP contribution in [0.4, 0.5) is 0 Å². The summed E-state index contributed by atoms with van der Waals surface area (Å²) in [5, 5.41) is 6.68. The van der Waals surface area contributed by atoms with Gasteiger partial charge in [-0.3, -0.25) is 0 Å². The molecule has 5 heteroatoms. The quantitative estimate of drug-likeness (QED) is 0.169. The third-order valence-electron chi connectivity index (χ3n) is 11.6. The van der Waals surface area contributed by atoms with Crippen molar-refractivity contribution in [1.29, 1.82) is 0 Å². The van der Waals surface area contributed by atoms with Gasteiger partial charge in [-0.1, -0.05) is 170 Å². The van der Waals surface area contributed by atoms with Gasteiger partial charge in [-0.15, -0.1) is 0 Å². The predicted molar refractivity (Wildman–Crippen MR) is 246 cm³/mol. The molecule has 0 radical (unpaired) electrons. The van der Waals surface area contributed by atoms with Gasteiger partial charge >= 0.3 is 0 Å². The number of fused-ring (bicyclic) bond motifs is 7. The molecule has 0 bridgehead atoms. The van der Waals surface area contributed by atoms with E-state index in [0.717, 1.165) is 72.0 Å². The number of rotatable bonds is 6. The zero-order valence-electron chi connectivity index (χ0n) is 32.3. The molecule has 0 saturated carbocycles. The summed E-state index contributed by atoms with van der Waals surface area (Å²) in [7, 11) is 0. The van der Waals surface area contributed by atoms with Crippen molar-refractivity contribution in [3.05, 3.63) is 206 Å². The average Bonchev–Trinajstić information content (AvgIpc) is 3.87. The van der Waals surface area contributed by atoms with Crippen LogP contribution < -0.4 is 0 Å². The normalized spacial score (nSPS) is 11.7. The number of nitrogens with zero attached hydrogens (tertiary/aromatic N) is 4. The molecule has 3 heterocycles. The van der Waals surface area contributed by atoms with Crippen LogP contribution in [-0.2, 0) is 0 Å². The topological polar surface area (TPSA) is 56.7 Å². The summed E-state index contributed by atoms with van der Waals surface area (Å²) in [6, 6.07) is 72.3. The number of hydrogen-bond acceptors (Lipinski definition) is 4. The van der Waals surface area contributed by atoms with Gasteiger partial charge in [0.25, 0.3) is 0 Å². The van der Waals surface area contributed by atoms with E-state index in [9.17, 15) is 0 Å². The fourth-order valence-corrected chi connectivity index (χ4v) is 8.79. The zero-order chi connectivity index (χ0) is 39.6. The highest BCUT2D eigenvalue weighted by Gasteiger charge is 2.23. The number of benzene rings is 9. The van der Waals surface area contributed by atoms with Crippen molar-refractivity contribution in [3.63, 3.8) is 0 Å². The van der Waals surface area contributed by atoms with Crippen LogP contribution in [0.1, 0.15) is 0 Å². The Labute approximate surface area is 345 Å². The van der Waals surface area contributed by atoms with Crippen molar-refractivity contribution in [1.82, 2.24) is 19.5 Å². The molecule has 280 valence electrons. The molecule has 0 unspecified atom stereocenters. The lowest BCUT2D eigenvalue weighted by molar-refractivity contribution is 0.670. The van der Waals surface area contributed by atoms with Gasteiger partial charge in [0.15, 0.2) is 17.5 Å². The SMILES string of the molecule is c1ccc(-c2ccc3c4ccccc4n(-c4cc(-c5ccc6ccccc6c5)c5oc6cccc(-c7nc(-c8ccccc8)nc(-c8ccccc8)n7)c6c5c4)c3c2)cc1. The molecule has 0 spiro atoms. The number of hydrogen-bond donors (Lipinski definition) is 0. The van der Waals surface area contributed by atoms with Gasteiger partial charge in [-0.25, -0.2) is 15.0 Å². The summed E-state index contributed by atoms with van der Waals surface area (Å²) in [6.45, 7) is 0. The van der Waals surface area contributed by atoms with Crippen LogP contribution in [0.15, 0.2) is 211 Å². The Morgan fingerprint density at radius 2 is 0.967 bits per heavy atom. The molecular weight excluding hydrogens is 733 g/mol. The van der Waals surface area contributed by atoms with E-state index in [-0.39, 0.29) is 0 Å². The highest BCUT2D eigenvalue weighted by molar-refractivity contribution is 6.17. The van der Waals surface area contributed by atoms with Crippen molar-refractivity contribution in [2.24, 2.45) is 0 Å². The van der Waals surface area contributed by atoms with Crippen molar-refractivity contribution in [2.75, 3.05) is 0 Å². The lowest BCUT2D eigenvalue weighted by Gasteiger charge is -2.13. The first-order valence-electron chi connectivity index (χ1n) is 20.2. The largest absolute Gasteiger partial charge is 0.455 e. The molecule has 3 aromatic heterocycles. The lowest BCUT2D eigenvalue weighted by atomic mass is 9.97. The minimum Gasteiger partial charge on any atom is -0.455 e. The van der Waals surface area contributed by atoms with Crippen LogP contribution in [0, 0.1) is 0 Å². The van der Waals surface area contributed by atoms with E-state index >= 15 is 0 Å². The Bertz CT molecular complexity index is 3530. The van der Waals surface area contributed by atoms with E-state index in [1.807, 2.05) is 72.8 Å². The minimum absolute atomic E-state index is 0.582. The third kappa shape index (κ3) is 5.59. The van der Waals surface area contributed by atoms with Gasteiger partial charge in [-0.2, -0.15) is 0 Å². The number of furan rings is 1. The number of para-hydroxylation sites is 1. The van der Waals surface area contributed by atoms with Gasteiger partial charge in [0.2, 0.25) is 0 Å². The Kier molecular flexibility index (Phi) is 7.78. The molecule has 0 saturated heterocycles. The molecule has 0 N–H and O–H groups in total. The van der Waals surface area contributed by atoms with Gasteiger partial charge in [0.1, 0.15) is 11.2 Å². The van der Waals surface area contributed by atoms with Crippen LogP contribution in [0.3, 0.4) is 0 Å². The molecule has 12 rings (SSSR count). The maximum absolute atomic E-state index is 6.99. The first kappa shape index (κ1) is 33.9. The molecule has 0 atom stereocenters. The van der Waals surface area contributed by atoms with Gasteiger partial charge in [0.05, 0.1) is 11.0 Å². The highest BCUT2D eigenvalue weighted by Crippen LogP contribution is 2.44. The minimum atomic E-state index is 0.582. The molecule has 12 aromatic rings. The second-order valence-corrected chi connectivity index (χ2v) is 15.2. The van der Waals surface area contributed by atoms with Crippen molar-refractivity contribution < 1.29 is 4.42 Å². The molecule has 0 amide bonds. The monoisotopic (exact) mass is 766 g/mol. The fourth-order valence-electron chi connectivity index (χ4n) is 8.79. The van der Waals surface area contributed by atoms with Crippen LogP contribution in [0.5, 0.6) is 0 Å². The van der Waals surface area contributed by atoms with E-state index in [4.69, 9.17) is 19.4 Å². The second kappa shape index (κ2) is 13.8. The maximum atomic E-state index is 6.99. The second-order valence-electron chi connectivity index (χ2n) is 15.2. The molecule has 0 fully saturated rings. The van der Waals surface area contributed by atoms with Crippen molar-refractivity contribution in [2.45, 2.75) is 0 Å². The van der Waals surface area contributed by atoms with Gasteiger partial charge in [-0.05, 0) is 63.9 Å². The lowest BCUT2D eigenvalue weighted by Crippen LogP contribution is -2.00. The predicted octanol–water partition coefficient (Wildman–Crippen LogP) is 14.4. The summed E-state index contributed by atoms with van der Waals surface area (Å²) in [4.78, 5) is 15.3. The summed E-state index contributed by atoms with van der Waals surface area (Å²) in [5.74, 6) is 1.81. The van der Waals surface area contributed by atoms with Crippen LogP contribution in [-0.4, -0.2) is 19.5 Å². The molecule has 0 aliphatic rings. The Balaban J connectivity index is 1.18. The Hall–Kier alpha value is -8.15. The highest BCUT2D eigenvalue weighted by atomic mass is 16.3. The first-order valence-corrected chi connectivity index (χ1v) is 20.2. The van der Waals surface area contributed by atoms with Gasteiger partial charge < -0.3 is 8.98 Å². The molecular formula is C55H34N4O. The molecule has 0 aliphatic heterocycles. The van der Waals surface area contributed by atoms with E-state index in [1.165, 1.54) is 27.1 Å². The van der Waals surface area contributed by atoms with E-state index in [1.54, 1.807) is 0 Å². The van der Waals surface area contributed by atoms with Gasteiger partial charge in [0, 0.05) is 49.5 Å². The summed E-state index contributed by atoms with van der Waals surface area (Å²) >= 11 is 0. The zero-order valence-corrected chi connectivity index (χ0v) is 32.3. The van der Waals surface area contributed by atoms with E-state index in [0.29, 0.717) is 17.5 Å². The molecule has 0 aliphatic carbocycles. The fraction of sp³-hybridized carbons (Fsp3) is 0. The summed E-state index contributed by atoms with van der Waals surface area (Å²) < 4.78 is 9.40. The molecule has 9 aromatic carbocycles. The van der Waals surface area contributed by atoms with Crippen LogP contribution in [0.2, 0.25) is 0 Å². The maximum Gasteiger partial charge on any atom is 0.164 e. The first-order chi connectivity index (χ1) is 29.7. The Morgan fingerprint density at radius 1 is 0.350 bits per heavy atom. The summed E-state index contributed by atoms with van der Waals surface area (Å²) in [6.07, 6.45) is 0. The standard InChI is InChI=1S/C55H34N4O/c1-4-15-35(16-5-1)40-29-30-44-43-23-12-13-25-48(43)59(49(44)32-40)42-33-46(41-28-27-36-17-10-11-22-39(36)31-41)52-47(34-42)51-45(24-14-26-50(51)60-52)55-57-53(37-18-6-2-7-19-37)56-54(58-55)38-20-8-3-9-21-38/h1-34H. The smallest absolute Gasteiger partial charge is 0.164 e. The third-order valence-corrected chi connectivity index (χ3v) is 11.6. The average molecular weight is 767 g/mol. The van der Waals surface area contributed by atoms with Crippen LogP contribution >= 0.6 is 0 Å². The molecule has 60 heavy (non-hydrogen) atoms. The van der Waals surface area contributed by atoms with E-state index in [2.05, 4.69) is 138 Å². The van der Waals surface area contributed by atoms with Crippen molar-refractivity contribution in [3.8, 4) is 62.1 Å². The van der Waals surface area contributed by atoms with Crippen LogP contribution in [0.25, 0.3) is 117 Å². The Morgan fingerprint density at radius 3 is 1.72 bits per heavy atom. The summed E-state index contributed by atoms with van der Waals surface area (Å²) in [5.41, 5.74) is 12.0. The molecule has 5 nitrogen and oxygen atoms in total.